The SMILES string of the molecule is O=C(COC(=O)CCc1nc2ccccc2s1)Nc1ccc(C(F)(F)F)cc1. The fraction of sp³-hybridized carbons (Fsp3) is 0.211. The van der Waals surface area contributed by atoms with Crippen LogP contribution in [0, 0.1) is 0 Å². The Morgan fingerprint density at radius 3 is 2.46 bits per heavy atom. The maximum absolute atomic E-state index is 12.5. The number of nitrogens with one attached hydrogen (secondary N) is 1. The van der Waals surface area contributed by atoms with Crippen molar-refractivity contribution >= 4 is 39.1 Å². The van der Waals surface area contributed by atoms with Crippen molar-refractivity contribution in [3.63, 3.8) is 0 Å². The fourth-order valence-corrected chi connectivity index (χ4v) is 3.36. The van der Waals surface area contributed by atoms with E-state index >= 15 is 0 Å². The van der Waals surface area contributed by atoms with Crippen LogP contribution in [-0.4, -0.2) is 23.5 Å². The molecule has 1 aromatic heterocycles. The largest absolute Gasteiger partial charge is 0.456 e. The van der Waals surface area contributed by atoms with Crippen molar-refractivity contribution in [2.24, 2.45) is 0 Å². The number of benzene rings is 2. The summed E-state index contributed by atoms with van der Waals surface area (Å²) in [6, 6.07) is 11.6. The van der Waals surface area contributed by atoms with Crippen molar-refractivity contribution in [3.8, 4) is 0 Å². The molecule has 0 fully saturated rings. The van der Waals surface area contributed by atoms with Gasteiger partial charge in [-0.15, -0.1) is 11.3 Å². The van der Waals surface area contributed by atoms with E-state index in [1.165, 1.54) is 11.3 Å². The van der Waals surface area contributed by atoms with Crippen LogP contribution in [0.1, 0.15) is 17.0 Å². The molecule has 3 aromatic rings. The highest BCUT2D eigenvalue weighted by Gasteiger charge is 2.30. The van der Waals surface area contributed by atoms with E-state index in [1.807, 2.05) is 24.3 Å². The Labute approximate surface area is 162 Å². The summed E-state index contributed by atoms with van der Waals surface area (Å²) in [6.07, 6.45) is -3.96. The van der Waals surface area contributed by atoms with E-state index in [0.29, 0.717) is 6.42 Å². The first-order chi connectivity index (χ1) is 13.3. The molecule has 0 aliphatic rings. The number of alkyl halides is 3. The number of carbonyl (C=O) groups excluding carboxylic acids is 2. The molecule has 0 saturated carbocycles. The smallest absolute Gasteiger partial charge is 0.416 e. The van der Waals surface area contributed by atoms with Crippen LogP contribution in [0.25, 0.3) is 10.2 Å². The van der Waals surface area contributed by atoms with E-state index in [4.69, 9.17) is 4.74 Å². The number of amides is 1. The number of hydrogen-bond acceptors (Lipinski definition) is 5. The maximum Gasteiger partial charge on any atom is 0.416 e. The molecule has 0 aliphatic heterocycles. The van der Waals surface area contributed by atoms with Gasteiger partial charge >= 0.3 is 12.1 Å². The predicted molar refractivity (Wildman–Crippen MR) is 99.0 cm³/mol. The van der Waals surface area contributed by atoms with Crippen molar-refractivity contribution < 1.29 is 27.5 Å². The standard InChI is InChI=1S/C19H15F3N2O3S/c20-19(21,22)12-5-7-13(8-6-12)23-16(25)11-27-18(26)10-9-17-24-14-3-1-2-4-15(14)28-17/h1-8H,9-11H2,(H,23,25). The molecule has 0 unspecified atom stereocenters. The lowest BCUT2D eigenvalue weighted by molar-refractivity contribution is -0.147. The third-order valence-electron chi connectivity index (χ3n) is 3.74. The maximum atomic E-state index is 12.5. The molecule has 1 heterocycles. The van der Waals surface area contributed by atoms with Crippen LogP contribution in [0.5, 0.6) is 0 Å². The highest BCUT2D eigenvalue weighted by Crippen LogP contribution is 2.29. The number of esters is 1. The molecule has 9 heteroatoms. The molecule has 2 aromatic carbocycles. The summed E-state index contributed by atoms with van der Waals surface area (Å²) in [4.78, 5) is 28.0. The zero-order valence-corrected chi connectivity index (χ0v) is 15.3. The second-order valence-corrected chi connectivity index (χ2v) is 6.97. The fourth-order valence-electron chi connectivity index (χ4n) is 2.39. The number of fused-ring (bicyclic) bond motifs is 1. The highest BCUT2D eigenvalue weighted by atomic mass is 32.1. The van der Waals surface area contributed by atoms with Gasteiger partial charge in [-0.2, -0.15) is 13.2 Å². The number of para-hydroxylation sites is 1. The number of halogens is 3. The van der Waals surface area contributed by atoms with Crippen LogP contribution in [0.4, 0.5) is 18.9 Å². The second kappa shape index (κ2) is 8.39. The highest BCUT2D eigenvalue weighted by molar-refractivity contribution is 7.18. The lowest BCUT2D eigenvalue weighted by Crippen LogP contribution is -2.21. The van der Waals surface area contributed by atoms with E-state index in [-0.39, 0.29) is 12.1 Å². The van der Waals surface area contributed by atoms with Crippen LogP contribution in [0.2, 0.25) is 0 Å². The van der Waals surface area contributed by atoms with Crippen molar-refractivity contribution in [1.82, 2.24) is 4.98 Å². The van der Waals surface area contributed by atoms with Gasteiger partial charge in [0.15, 0.2) is 6.61 Å². The molecule has 0 radical (unpaired) electrons. The Morgan fingerprint density at radius 1 is 1.07 bits per heavy atom. The molecule has 28 heavy (non-hydrogen) atoms. The molecule has 1 N–H and O–H groups in total. The van der Waals surface area contributed by atoms with Crippen LogP contribution >= 0.6 is 11.3 Å². The van der Waals surface area contributed by atoms with Gasteiger partial charge in [-0.25, -0.2) is 4.98 Å². The number of rotatable bonds is 6. The normalized spacial score (nSPS) is 11.4. The molecule has 0 bridgehead atoms. The molecule has 5 nitrogen and oxygen atoms in total. The number of hydrogen-bond donors (Lipinski definition) is 1. The monoisotopic (exact) mass is 408 g/mol. The third-order valence-corrected chi connectivity index (χ3v) is 4.84. The molecule has 146 valence electrons. The minimum atomic E-state index is -4.44. The molecule has 3 rings (SSSR count). The Balaban J connectivity index is 1.43. The molecular weight excluding hydrogens is 393 g/mol. The summed E-state index contributed by atoms with van der Waals surface area (Å²) in [5.41, 5.74) is 0.238. The minimum absolute atomic E-state index is 0.0768. The van der Waals surface area contributed by atoms with Gasteiger partial charge in [0.1, 0.15) is 0 Å². The third kappa shape index (κ3) is 5.29. The van der Waals surface area contributed by atoms with E-state index in [9.17, 15) is 22.8 Å². The van der Waals surface area contributed by atoms with Crippen LogP contribution < -0.4 is 5.32 Å². The van der Waals surface area contributed by atoms with Crippen molar-refractivity contribution in [1.29, 1.82) is 0 Å². The number of ether oxygens (including phenoxy) is 1. The van der Waals surface area contributed by atoms with E-state index in [1.54, 1.807) is 0 Å². The number of thiazole rings is 1. The van der Waals surface area contributed by atoms with E-state index in [2.05, 4.69) is 10.3 Å². The molecule has 0 aliphatic carbocycles. The minimum Gasteiger partial charge on any atom is -0.456 e. The van der Waals surface area contributed by atoms with Gasteiger partial charge in [0.25, 0.3) is 5.91 Å². The quantitative estimate of drug-likeness (QED) is 0.613. The summed E-state index contributed by atoms with van der Waals surface area (Å²) >= 11 is 1.49. The van der Waals surface area contributed by atoms with Gasteiger partial charge in [-0.1, -0.05) is 12.1 Å². The second-order valence-electron chi connectivity index (χ2n) is 5.86. The van der Waals surface area contributed by atoms with Gasteiger partial charge in [0.05, 0.1) is 27.2 Å². The Kier molecular flexibility index (Phi) is 5.93. The molecule has 1 amide bonds. The Morgan fingerprint density at radius 2 is 1.79 bits per heavy atom. The number of nitrogens with zero attached hydrogens (tertiary/aromatic N) is 1. The number of aryl methyl sites for hydroxylation is 1. The average molecular weight is 408 g/mol. The number of aromatic nitrogens is 1. The Hall–Kier alpha value is -2.94. The van der Waals surface area contributed by atoms with Crippen molar-refractivity contribution in [3.05, 3.63) is 59.1 Å². The molecular formula is C19H15F3N2O3S. The summed E-state index contributed by atoms with van der Waals surface area (Å²) in [5.74, 6) is -1.19. The Bertz CT molecular complexity index is 951. The van der Waals surface area contributed by atoms with Crippen molar-refractivity contribution in [2.45, 2.75) is 19.0 Å². The number of carbonyl (C=O) groups is 2. The topological polar surface area (TPSA) is 68.3 Å². The first-order valence-electron chi connectivity index (χ1n) is 8.28. The average Bonchev–Trinajstić information content (AvgIpc) is 3.07. The molecule has 0 saturated heterocycles. The zero-order chi connectivity index (χ0) is 20.1. The molecule has 0 spiro atoms. The zero-order valence-electron chi connectivity index (χ0n) is 14.5. The van der Waals surface area contributed by atoms with Gasteiger partial charge in [0.2, 0.25) is 0 Å². The number of anilines is 1. The van der Waals surface area contributed by atoms with Crippen LogP contribution in [0.3, 0.4) is 0 Å². The summed E-state index contributed by atoms with van der Waals surface area (Å²) < 4.78 is 43.4. The summed E-state index contributed by atoms with van der Waals surface area (Å²) in [7, 11) is 0. The first kappa shape index (κ1) is 19.8. The van der Waals surface area contributed by atoms with Gasteiger partial charge in [0, 0.05) is 12.1 Å². The molecule has 0 atom stereocenters. The van der Waals surface area contributed by atoms with Crippen LogP contribution in [-0.2, 0) is 26.9 Å². The lowest BCUT2D eigenvalue weighted by atomic mass is 10.2. The summed E-state index contributed by atoms with van der Waals surface area (Å²) in [6.45, 7) is -0.514. The first-order valence-corrected chi connectivity index (χ1v) is 9.10. The lowest BCUT2D eigenvalue weighted by Gasteiger charge is -2.09. The van der Waals surface area contributed by atoms with E-state index in [0.717, 1.165) is 39.5 Å². The van der Waals surface area contributed by atoms with Gasteiger partial charge < -0.3 is 10.1 Å². The van der Waals surface area contributed by atoms with Gasteiger partial charge in [-0.05, 0) is 36.4 Å². The van der Waals surface area contributed by atoms with Crippen LogP contribution in [0.15, 0.2) is 48.5 Å². The predicted octanol–water partition coefficient (Wildman–Crippen LogP) is 4.43. The van der Waals surface area contributed by atoms with Crippen molar-refractivity contribution in [2.75, 3.05) is 11.9 Å². The van der Waals surface area contributed by atoms with E-state index < -0.39 is 30.2 Å². The van der Waals surface area contributed by atoms with Gasteiger partial charge in [-0.3, -0.25) is 9.59 Å². The summed E-state index contributed by atoms with van der Waals surface area (Å²) in [5, 5.41) is 3.17.